The van der Waals surface area contributed by atoms with E-state index in [0.29, 0.717) is 16.0 Å². The topological polar surface area (TPSA) is 67.3 Å². The molecule has 1 aromatic heterocycles. The third kappa shape index (κ3) is 4.12. The summed E-state index contributed by atoms with van der Waals surface area (Å²) >= 11 is 4.16. The van der Waals surface area contributed by atoms with Crippen LogP contribution in [0.25, 0.3) is 0 Å². The lowest BCUT2D eigenvalue weighted by Crippen LogP contribution is -2.26. The summed E-state index contributed by atoms with van der Waals surface area (Å²) in [5, 5.41) is 12.8. The number of aliphatic hydroxyl groups is 1. The molecule has 1 atom stereocenters. The van der Waals surface area contributed by atoms with Crippen LogP contribution in [0.5, 0.6) is 5.88 Å². The second kappa shape index (κ2) is 6.96. The summed E-state index contributed by atoms with van der Waals surface area (Å²) in [5.74, 6) is 0.0392. The number of aryl methyl sites for hydroxylation is 1. The van der Waals surface area contributed by atoms with Gasteiger partial charge in [-0.2, -0.15) is 4.37 Å². The largest absolute Gasteiger partial charge is 0.473 e. The molecule has 0 saturated heterocycles. The van der Waals surface area contributed by atoms with Gasteiger partial charge in [-0.3, -0.25) is 0 Å². The molecule has 0 spiro atoms. The maximum atomic E-state index is 13.4. The van der Waals surface area contributed by atoms with Crippen molar-refractivity contribution in [3.05, 3.63) is 34.2 Å². The molecule has 8 heteroatoms. The van der Waals surface area contributed by atoms with E-state index in [1.165, 1.54) is 12.3 Å². The van der Waals surface area contributed by atoms with E-state index in [9.17, 15) is 9.50 Å². The van der Waals surface area contributed by atoms with Crippen LogP contribution >= 0.6 is 27.7 Å². The molecule has 1 aromatic carbocycles. The van der Waals surface area contributed by atoms with Crippen LogP contribution in [0.4, 0.5) is 10.1 Å². The molecule has 5 nitrogen and oxygen atoms in total. The Kier molecular flexibility index (Phi) is 5.27. The lowest BCUT2D eigenvalue weighted by atomic mass is 10.2. The van der Waals surface area contributed by atoms with Crippen LogP contribution in [0.15, 0.2) is 22.8 Å². The van der Waals surface area contributed by atoms with Gasteiger partial charge in [0.2, 0.25) is 5.88 Å². The van der Waals surface area contributed by atoms with Crippen LogP contribution in [0.2, 0.25) is 0 Å². The van der Waals surface area contributed by atoms with Crippen molar-refractivity contribution in [1.29, 1.82) is 0 Å². The maximum Gasteiger partial charge on any atom is 0.245 e. The maximum absolute atomic E-state index is 13.4. The first-order valence-electron chi connectivity index (χ1n) is 5.84. The molecule has 0 aliphatic heterocycles. The quantitative estimate of drug-likeness (QED) is 0.827. The fourth-order valence-corrected chi connectivity index (χ4v) is 2.35. The van der Waals surface area contributed by atoms with Crippen LogP contribution in [0, 0.1) is 12.7 Å². The van der Waals surface area contributed by atoms with E-state index in [2.05, 4.69) is 30.0 Å². The Morgan fingerprint density at radius 1 is 1.55 bits per heavy atom. The fourth-order valence-electron chi connectivity index (χ4n) is 1.52. The van der Waals surface area contributed by atoms with Crippen LogP contribution < -0.4 is 10.1 Å². The first kappa shape index (κ1) is 15.1. The summed E-state index contributed by atoms with van der Waals surface area (Å²) < 4.78 is 26.7. The van der Waals surface area contributed by atoms with Crippen molar-refractivity contribution < 1.29 is 14.2 Å². The second-order valence-electron chi connectivity index (χ2n) is 4.17. The van der Waals surface area contributed by atoms with E-state index in [4.69, 9.17) is 4.74 Å². The molecule has 0 radical (unpaired) electrons. The molecule has 0 aliphatic carbocycles. The van der Waals surface area contributed by atoms with Crippen LogP contribution in [0.3, 0.4) is 0 Å². The molecule has 2 rings (SSSR count). The molecule has 108 valence electrons. The highest BCUT2D eigenvalue weighted by Crippen LogP contribution is 2.23. The minimum absolute atomic E-state index is 0.0937. The summed E-state index contributed by atoms with van der Waals surface area (Å²) in [7, 11) is 0. The van der Waals surface area contributed by atoms with Crippen LogP contribution in [-0.4, -0.2) is 33.1 Å². The smallest absolute Gasteiger partial charge is 0.245 e. The van der Waals surface area contributed by atoms with Crippen molar-refractivity contribution in [2.24, 2.45) is 0 Å². The Morgan fingerprint density at radius 3 is 3.05 bits per heavy atom. The van der Waals surface area contributed by atoms with Crippen molar-refractivity contribution in [3.8, 4) is 5.88 Å². The van der Waals surface area contributed by atoms with Gasteiger partial charge in [0.1, 0.15) is 24.7 Å². The van der Waals surface area contributed by atoms with E-state index in [1.807, 2.05) is 6.92 Å². The predicted molar refractivity (Wildman–Crippen MR) is 78.7 cm³/mol. The van der Waals surface area contributed by atoms with Crippen molar-refractivity contribution >= 4 is 33.3 Å². The Labute approximate surface area is 128 Å². The number of halogens is 2. The Balaban J connectivity index is 1.84. The molecule has 0 bridgehead atoms. The zero-order chi connectivity index (χ0) is 14.5. The fraction of sp³-hybridized carbons (Fsp3) is 0.333. The van der Waals surface area contributed by atoms with Crippen LogP contribution in [-0.2, 0) is 0 Å². The highest BCUT2D eigenvalue weighted by molar-refractivity contribution is 9.10. The number of aliphatic hydroxyl groups excluding tert-OH is 1. The number of ether oxygens (including phenoxy) is 1. The molecule has 1 heterocycles. The number of anilines is 1. The minimum atomic E-state index is -0.734. The lowest BCUT2D eigenvalue weighted by Gasteiger charge is -2.14. The molecule has 2 N–H and O–H groups in total. The second-order valence-corrected chi connectivity index (χ2v) is 5.58. The molecule has 2 aromatic rings. The van der Waals surface area contributed by atoms with Gasteiger partial charge in [0.05, 0.1) is 16.2 Å². The van der Waals surface area contributed by atoms with Gasteiger partial charge >= 0.3 is 0 Å². The van der Waals surface area contributed by atoms with Gasteiger partial charge in [-0.15, -0.1) is 4.37 Å². The van der Waals surface area contributed by atoms with Crippen LogP contribution in [0.1, 0.15) is 5.56 Å². The standard InChI is InChI=1S/C12H13BrFN3O2S/c1-7-2-9(13)10(14)3-11(7)15-4-8(18)6-19-12-5-16-20-17-12/h2-3,5,8,15,18H,4,6H2,1H3. The first-order valence-corrected chi connectivity index (χ1v) is 7.36. The van der Waals surface area contributed by atoms with Gasteiger partial charge < -0.3 is 15.2 Å². The number of rotatable bonds is 6. The number of nitrogens with zero attached hydrogens (tertiary/aromatic N) is 2. The molecule has 1 unspecified atom stereocenters. The molecular weight excluding hydrogens is 349 g/mol. The zero-order valence-corrected chi connectivity index (χ0v) is 13.0. The summed E-state index contributed by atoms with van der Waals surface area (Å²) in [4.78, 5) is 0. The number of nitrogens with one attached hydrogen (secondary N) is 1. The summed E-state index contributed by atoms with van der Waals surface area (Å²) in [6, 6.07) is 3.07. The monoisotopic (exact) mass is 361 g/mol. The third-order valence-electron chi connectivity index (χ3n) is 2.56. The summed E-state index contributed by atoms with van der Waals surface area (Å²) in [6.45, 7) is 2.20. The zero-order valence-electron chi connectivity index (χ0n) is 10.6. The van der Waals surface area contributed by atoms with E-state index < -0.39 is 6.10 Å². The third-order valence-corrected chi connectivity index (χ3v) is 3.63. The number of hydrogen-bond donors (Lipinski definition) is 2. The van der Waals surface area contributed by atoms with E-state index >= 15 is 0 Å². The minimum Gasteiger partial charge on any atom is -0.473 e. The van der Waals surface area contributed by atoms with Gasteiger partial charge in [-0.25, -0.2) is 4.39 Å². The van der Waals surface area contributed by atoms with Gasteiger partial charge in [0, 0.05) is 12.2 Å². The highest BCUT2D eigenvalue weighted by atomic mass is 79.9. The van der Waals surface area contributed by atoms with Crippen molar-refractivity contribution in [2.45, 2.75) is 13.0 Å². The average molecular weight is 362 g/mol. The van der Waals surface area contributed by atoms with E-state index in [0.717, 1.165) is 17.3 Å². The first-order chi connectivity index (χ1) is 9.56. The molecular formula is C12H13BrFN3O2S. The Morgan fingerprint density at radius 2 is 2.35 bits per heavy atom. The predicted octanol–water partition coefficient (Wildman–Crippen LogP) is 2.60. The number of aromatic nitrogens is 2. The average Bonchev–Trinajstić information content (AvgIpc) is 2.92. The molecule has 20 heavy (non-hydrogen) atoms. The molecule has 0 aliphatic rings. The van der Waals surface area contributed by atoms with Gasteiger partial charge in [-0.05, 0) is 40.5 Å². The molecule has 0 fully saturated rings. The number of benzene rings is 1. The molecule has 0 amide bonds. The van der Waals surface area contributed by atoms with Crippen molar-refractivity contribution in [1.82, 2.24) is 8.75 Å². The normalized spacial score (nSPS) is 12.2. The summed E-state index contributed by atoms with van der Waals surface area (Å²) in [5.41, 5.74) is 1.52. The van der Waals surface area contributed by atoms with E-state index in [-0.39, 0.29) is 19.0 Å². The SMILES string of the molecule is Cc1cc(Br)c(F)cc1NCC(O)COc1cnsn1. The van der Waals surface area contributed by atoms with Gasteiger partial charge in [0.25, 0.3) is 0 Å². The van der Waals surface area contributed by atoms with Gasteiger partial charge in [-0.1, -0.05) is 0 Å². The molecule has 0 saturated carbocycles. The lowest BCUT2D eigenvalue weighted by molar-refractivity contribution is 0.115. The Hall–Kier alpha value is -1.25. The van der Waals surface area contributed by atoms with E-state index in [1.54, 1.807) is 6.07 Å². The van der Waals surface area contributed by atoms with Gasteiger partial charge in [0.15, 0.2) is 0 Å². The summed E-state index contributed by atoms with van der Waals surface area (Å²) in [6.07, 6.45) is 0.752. The highest BCUT2D eigenvalue weighted by Gasteiger charge is 2.09. The number of hydrogen-bond acceptors (Lipinski definition) is 6. The Bertz CT molecular complexity index is 568. The van der Waals surface area contributed by atoms with Crippen molar-refractivity contribution in [2.75, 3.05) is 18.5 Å². The van der Waals surface area contributed by atoms with Crippen molar-refractivity contribution in [3.63, 3.8) is 0 Å².